The molecule has 0 aliphatic rings. The molecule has 84 valence electrons. The zero-order valence-corrected chi connectivity index (χ0v) is 9.53. The molecule has 4 heteroatoms. The van der Waals surface area contributed by atoms with Crippen LogP contribution in [0.15, 0.2) is 18.5 Å². The van der Waals surface area contributed by atoms with Gasteiger partial charge in [-0.2, -0.15) is 0 Å². The van der Waals surface area contributed by atoms with Crippen molar-refractivity contribution < 1.29 is 4.74 Å². The standard InChI is InChI=1S/C11H19N3O/c1-8(2)15-7-11(14-12)10-4-9(3)5-13-6-10/h4-6,8,11,14H,7,12H2,1-3H3. The Morgan fingerprint density at radius 2 is 2.20 bits per heavy atom. The first-order valence-electron chi connectivity index (χ1n) is 5.12. The van der Waals surface area contributed by atoms with E-state index in [1.54, 1.807) is 6.20 Å². The van der Waals surface area contributed by atoms with Crippen molar-refractivity contribution in [3.63, 3.8) is 0 Å². The lowest BCUT2D eigenvalue weighted by molar-refractivity contribution is 0.0611. The quantitative estimate of drug-likeness (QED) is 0.567. The first-order chi connectivity index (χ1) is 7.13. The highest BCUT2D eigenvalue weighted by atomic mass is 16.5. The van der Waals surface area contributed by atoms with E-state index < -0.39 is 0 Å². The average Bonchev–Trinajstić information content (AvgIpc) is 2.18. The summed E-state index contributed by atoms with van der Waals surface area (Å²) in [6.07, 6.45) is 3.83. The molecule has 0 radical (unpaired) electrons. The minimum atomic E-state index is -0.000185. The number of hydrogen-bond acceptors (Lipinski definition) is 4. The zero-order chi connectivity index (χ0) is 11.3. The van der Waals surface area contributed by atoms with Crippen molar-refractivity contribution >= 4 is 0 Å². The van der Waals surface area contributed by atoms with Gasteiger partial charge in [0.05, 0.1) is 18.8 Å². The Balaban J connectivity index is 2.65. The second-order valence-electron chi connectivity index (χ2n) is 3.90. The predicted octanol–water partition coefficient (Wildman–Crippen LogP) is 1.32. The highest BCUT2D eigenvalue weighted by Crippen LogP contribution is 2.13. The minimum absolute atomic E-state index is 0.000185. The molecule has 0 fully saturated rings. The molecule has 1 rings (SSSR count). The smallest absolute Gasteiger partial charge is 0.0709 e. The van der Waals surface area contributed by atoms with Crippen LogP contribution in [0.4, 0.5) is 0 Å². The van der Waals surface area contributed by atoms with Gasteiger partial charge < -0.3 is 4.74 Å². The lowest BCUT2D eigenvalue weighted by Crippen LogP contribution is -2.32. The molecule has 3 N–H and O–H groups in total. The van der Waals surface area contributed by atoms with Crippen LogP contribution < -0.4 is 11.3 Å². The average molecular weight is 209 g/mol. The molecular formula is C11H19N3O. The topological polar surface area (TPSA) is 60.2 Å². The first-order valence-corrected chi connectivity index (χ1v) is 5.12. The largest absolute Gasteiger partial charge is 0.377 e. The molecular weight excluding hydrogens is 190 g/mol. The summed E-state index contributed by atoms with van der Waals surface area (Å²) in [5, 5.41) is 0. The molecule has 0 spiro atoms. The summed E-state index contributed by atoms with van der Waals surface area (Å²) in [5.41, 5.74) is 4.91. The summed E-state index contributed by atoms with van der Waals surface area (Å²) in [6.45, 7) is 6.57. The Hall–Kier alpha value is -0.970. The molecule has 0 aliphatic carbocycles. The van der Waals surface area contributed by atoms with Crippen molar-refractivity contribution in [3.05, 3.63) is 29.6 Å². The van der Waals surface area contributed by atoms with Crippen molar-refractivity contribution in [2.45, 2.75) is 32.9 Å². The van der Waals surface area contributed by atoms with E-state index in [0.29, 0.717) is 6.61 Å². The molecule has 1 aromatic heterocycles. The summed E-state index contributed by atoms with van der Waals surface area (Å²) in [4.78, 5) is 4.13. The fourth-order valence-corrected chi connectivity index (χ4v) is 1.30. The van der Waals surface area contributed by atoms with Crippen molar-refractivity contribution in [3.8, 4) is 0 Å². The van der Waals surface area contributed by atoms with Crippen LogP contribution in [0.3, 0.4) is 0 Å². The maximum Gasteiger partial charge on any atom is 0.0709 e. The molecule has 1 atom stereocenters. The Morgan fingerprint density at radius 1 is 1.47 bits per heavy atom. The number of nitrogens with two attached hydrogens (primary N) is 1. The first kappa shape index (κ1) is 12.1. The Bertz CT molecular complexity index is 302. The van der Waals surface area contributed by atoms with Crippen LogP contribution in [0.5, 0.6) is 0 Å². The Labute approximate surface area is 90.8 Å². The molecule has 0 saturated carbocycles. The van der Waals surface area contributed by atoms with Gasteiger partial charge in [-0.05, 0) is 31.9 Å². The number of nitrogens with one attached hydrogen (secondary N) is 1. The summed E-state index contributed by atoms with van der Waals surface area (Å²) >= 11 is 0. The van der Waals surface area contributed by atoms with Crippen LogP contribution >= 0.6 is 0 Å². The van der Waals surface area contributed by atoms with Gasteiger partial charge in [0.2, 0.25) is 0 Å². The molecule has 15 heavy (non-hydrogen) atoms. The number of aromatic nitrogens is 1. The molecule has 1 aromatic rings. The van der Waals surface area contributed by atoms with Gasteiger partial charge in [0.15, 0.2) is 0 Å². The van der Waals surface area contributed by atoms with Gasteiger partial charge in [0, 0.05) is 12.4 Å². The summed E-state index contributed by atoms with van der Waals surface area (Å²) < 4.78 is 5.52. The predicted molar refractivity (Wildman–Crippen MR) is 60.1 cm³/mol. The van der Waals surface area contributed by atoms with Crippen LogP contribution in [-0.2, 0) is 4.74 Å². The number of ether oxygens (including phenoxy) is 1. The Kier molecular flexibility index (Phi) is 4.68. The number of hydrazine groups is 1. The number of hydrogen-bond donors (Lipinski definition) is 2. The SMILES string of the molecule is Cc1cncc(C(COC(C)C)NN)c1. The van der Waals surface area contributed by atoms with Crippen molar-refractivity contribution in [1.29, 1.82) is 0 Å². The fraction of sp³-hybridized carbons (Fsp3) is 0.545. The van der Waals surface area contributed by atoms with Gasteiger partial charge in [0.1, 0.15) is 0 Å². The van der Waals surface area contributed by atoms with E-state index in [2.05, 4.69) is 16.5 Å². The highest BCUT2D eigenvalue weighted by molar-refractivity contribution is 5.20. The van der Waals surface area contributed by atoms with Gasteiger partial charge in [-0.25, -0.2) is 0 Å². The van der Waals surface area contributed by atoms with Crippen molar-refractivity contribution in [2.75, 3.05) is 6.61 Å². The normalized spacial score (nSPS) is 13.1. The number of aryl methyl sites for hydroxylation is 1. The lowest BCUT2D eigenvalue weighted by atomic mass is 10.1. The molecule has 1 heterocycles. The van der Waals surface area contributed by atoms with E-state index in [0.717, 1.165) is 11.1 Å². The molecule has 0 bridgehead atoms. The van der Waals surface area contributed by atoms with Crippen LogP contribution in [-0.4, -0.2) is 17.7 Å². The van der Waals surface area contributed by atoms with Crippen molar-refractivity contribution in [1.82, 2.24) is 10.4 Å². The zero-order valence-electron chi connectivity index (χ0n) is 9.53. The highest BCUT2D eigenvalue weighted by Gasteiger charge is 2.10. The van der Waals surface area contributed by atoms with E-state index in [-0.39, 0.29) is 12.1 Å². The van der Waals surface area contributed by atoms with Gasteiger partial charge >= 0.3 is 0 Å². The molecule has 1 unspecified atom stereocenters. The monoisotopic (exact) mass is 209 g/mol. The second-order valence-corrected chi connectivity index (χ2v) is 3.90. The summed E-state index contributed by atoms with van der Waals surface area (Å²) in [7, 11) is 0. The van der Waals surface area contributed by atoms with E-state index in [4.69, 9.17) is 10.6 Å². The van der Waals surface area contributed by atoms with Gasteiger partial charge in [-0.3, -0.25) is 16.3 Å². The third kappa shape index (κ3) is 3.95. The number of nitrogens with zero attached hydrogens (tertiary/aromatic N) is 1. The van der Waals surface area contributed by atoms with E-state index in [1.807, 2.05) is 27.0 Å². The lowest BCUT2D eigenvalue weighted by Gasteiger charge is -2.18. The molecule has 0 saturated heterocycles. The number of rotatable bonds is 5. The third-order valence-corrected chi connectivity index (χ3v) is 2.10. The van der Waals surface area contributed by atoms with E-state index >= 15 is 0 Å². The maximum atomic E-state index is 5.52. The number of pyridine rings is 1. The summed E-state index contributed by atoms with van der Waals surface area (Å²) in [6, 6.07) is 2.06. The van der Waals surface area contributed by atoms with E-state index in [1.165, 1.54) is 0 Å². The molecule has 4 nitrogen and oxygen atoms in total. The minimum Gasteiger partial charge on any atom is -0.377 e. The van der Waals surface area contributed by atoms with E-state index in [9.17, 15) is 0 Å². The molecule has 0 aliphatic heterocycles. The van der Waals surface area contributed by atoms with Crippen molar-refractivity contribution in [2.24, 2.45) is 5.84 Å². The van der Waals surface area contributed by atoms with Gasteiger partial charge in [0.25, 0.3) is 0 Å². The van der Waals surface area contributed by atoms with Crippen LogP contribution in [0.25, 0.3) is 0 Å². The van der Waals surface area contributed by atoms with Gasteiger partial charge in [-0.15, -0.1) is 0 Å². The summed E-state index contributed by atoms with van der Waals surface area (Å²) in [5.74, 6) is 5.48. The third-order valence-electron chi connectivity index (χ3n) is 2.10. The van der Waals surface area contributed by atoms with Crippen LogP contribution in [0.2, 0.25) is 0 Å². The van der Waals surface area contributed by atoms with Crippen LogP contribution in [0.1, 0.15) is 31.0 Å². The Morgan fingerprint density at radius 3 is 2.73 bits per heavy atom. The maximum absolute atomic E-state index is 5.52. The second kappa shape index (κ2) is 5.80. The molecule has 0 aromatic carbocycles. The fourth-order valence-electron chi connectivity index (χ4n) is 1.30. The molecule has 0 amide bonds. The van der Waals surface area contributed by atoms with Gasteiger partial charge in [-0.1, -0.05) is 6.07 Å². The van der Waals surface area contributed by atoms with Crippen LogP contribution in [0, 0.1) is 6.92 Å².